The zero-order valence-electron chi connectivity index (χ0n) is 22.5. The smallest absolute Gasteiger partial charge is 0.254 e. The maximum atomic E-state index is 12.8. The Morgan fingerprint density at radius 3 is 2.83 bits per heavy atom. The molecule has 3 aromatic rings. The fraction of sp³-hybridized carbons (Fsp3) is 0.375. The minimum absolute atomic E-state index is 0.0107. The second-order valence-corrected chi connectivity index (χ2v) is 8.22. The summed E-state index contributed by atoms with van der Waals surface area (Å²) >= 11 is 0. The van der Waals surface area contributed by atoms with E-state index in [0.717, 1.165) is 12.8 Å². The second-order valence-electron chi connectivity index (χ2n) is 8.22. The lowest BCUT2D eigenvalue weighted by Gasteiger charge is -2.16. The number of amides is 2. The van der Waals surface area contributed by atoms with Crippen LogP contribution in [0.2, 0.25) is 0 Å². The monoisotopic (exact) mass is 483 g/mol. The highest BCUT2D eigenvalue weighted by Crippen LogP contribution is 2.38. The van der Waals surface area contributed by atoms with Crippen LogP contribution in [0.3, 0.4) is 0 Å². The molecule has 0 aliphatic heterocycles. The van der Waals surface area contributed by atoms with E-state index in [-0.39, 0.29) is 47.4 Å². The molecular weight excluding hydrogens is 452 g/mol. The molecule has 11 nitrogen and oxygen atoms in total. The number of anilines is 3. The molecule has 0 saturated heterocycles. The standard InChI is InChI=1S/C24H28N6O5/c1-13(2)34-12-20-29-22(30-35-20)15-6-5-7-17(21(15)33-4)27-18-10-19(28-23(31)14-8-9-14)26-11-16(18)24(32)25-3/h5-7,10-11,13-14H,8-9,12H2,1-4H3,(H,25,32)(H2,26,27,28,31)/i3D3. The minimum Gasteiger partial charge on any atom is -0.494 e. The number of methoxy groups -OCH3 is 1. The quantitative estimate of drug-likeness (QED) is 0.395. The molecule has 184 valence electrons. The van der Waals surface area contributed by atoms with Crippen molar-refractivity contribution in [2.75, 3.05) is 24.7 Å². The Labute approximate surface area is 206 Å². The number of hydrogen-bond donors (Lipinski definition) is 3. The van der Waals surface area contributed by atoms with Crippen LogP contribution in [0.15, 0.2) is 35.0 Å². The van der Waals surface area contributed by atoms with Crippen LogP contribution in [-0.4, -0.2) is 47.1 Å². The molecule has 0 radical (unpaired) electrons. The van der Waals surface area contributed by atoms with E-state index in [9.17, 15) is 9.59 Å². The van der Waals surface area contributed by atoms with Gasteiger partial charge in [-0.25, -0.2) is 4.98 Å². The zero-order chi connectivity index (χ0) is 27.4. The van der Waals surface area contributed by atoms with Gasteiger partial charge in [-0.2, -0.15) is 4.98 Å². The molecule has 3 N–H and O–H groups in total. The summed E-state index contributed by atoms with van der Waals surface area (Å²) in [6.07, 6.45) is 2.80. The van der Waals surface area contributed by atoms with Crippen LogP contribution in [-0.2, 0) is 16.1 Å². The average molecular weight is 484 g/mol. The van der Waals surface area contributed by atoms with Gasteiger partial charge in [-0.15, -0.1) is 0 Å². The van der Waals surface area contributed by atoms with Crippen molar-refractivity contribution in [3.05, 3.63) is 41.9 Å². The molecular formula is C24H28N6O5. The summed E-state index contributed by atoms with van der Waals surface area (Å²) in [7, 11) is 1.46. The second kappa shape index (κ2) is 10.5. The van der Waals surface area contributed by atoms with E-state index < -0.39 is 12.9 Å². The van der Waals surface area contributed by atoms with Crippen molar-refractivity contribution in [3.8, 4) is 17.1 Å². The van der Waals surface area contributed by atoms with Crippen molar-refractivity contribution in [1.29, 1.82) is 0 Å². The summed E-state index contributed by atoms with van der Waals surface area (Å²) in [6, 6.07) is 6.61. The Hall–Kier alpha value is -3.99. The molecule has 35 heavy (non-hydrogen) atoms. The van der Waals surface area contributed by atoms with Gasteiger partial charge in [0.1, 0.15) is 12.4 Å². The first-order valence-corrected chi connectivity index (χ1v) is 11.1. The van der Waals surface area contributed by atoms with E-state index in [4.69, 9.17) is 18.1 Å². The van der Waals surface area contributed by atoms with E-state index in [1.165, 1.54) is 19.4 Å². The normalized spacial score (nSPS) is 14.6. The highest BCUT2D eigenvalue weighted by Gasteiger charge is 2.30. The highest BCUT2D eigenvalue weighted by atomic mass is 16.5. The number of hydrogen-bond acceptors (Lipinski definition) is 9. The van der Waals surface area contributed by atoms with Crippen molar-refractivity contribution in [2.45, 2.75) is 39.4 Å². The van der Waals surface area contributed by atoms with Gasteiger partial charge >= 0.3 is 0 Å². The first-order valence-electron chi connectivity index (χ1n) is 12.6. The Morgan fingerprint density at radius 1 is 1.29 bits per heavy atom. The minimum atomic E-state index is -2.71. The number of rotatable bonds is 10. The summed E-state index contributed by atoms with van der Waals surface area (Å²) in [4.78, 5) is 33.5. The molecule has 2 aromatic heterocycles. The fourth-order valence-electron chi connectivity index (χ4n) is 3.29. The fourth-order valence-corrected chi connectivity index (χ4v) is 3.29. The Morgan fingerprint density at radius 2 is 2.11 bits per heavy atom. The van der Waals surface area contributed by atoms with Gasteiger partial charge in [0.15, 0.2) is 5.75 Å². The molecule has 1 saturated carbocycles. The third-order valence-electron chi connectivity index (χ3n) is 5.20. The van der Waals surface area contributed by atoms with E-state index >= 15 is 0 Å². The van der Waals surface area contributed by atoms with Gasteiger partial charge < -0.3 is 29.9 Å². The first kappa shape index (κ1) is 20.4. The van der Waals surface area contributed by atoms with Crippen molar-refractivity contribution in [3.63, 3.8) is 0 Å². The van der Waals surface area contributed by atoms with Gasteiger partial charge in [-0.3, -0.25) is 9.59 Å². The van der Waals surface area contributed by atoms with Gasteiger partial charge in [0.25, 0.3) is 11.8 Å². The Bertz CT molecular complexity index is 1320. The maximum Gasteiger partial charge on any atom is 0.254 e. The largest absolute Gasteiger partial charge is 0.494 e. The van der Waals surface area contributed by atoms with Crippen molar-refractivity contribution < 1.29 is 27.7 Å². The number of nitrogens with one attached hydrogen (secondary N) is 3. The van der Waals surface area contributed by atoms with Gasteiger partial charge in [-0.05, 0) is 38.8 Å². The lowest BCUT2D eigenvalue weighted by atomic mass is 10.1. The number of nitrogens with zero attached hydrogens (tertiary/aromatic N) is 3. The summed E-state index contributed by atoms with van der Waals surface area (Å²) in [6.45, 7) is 1.23. The molecule has 0 bridgehead atoms. The highest BCUT2D eigenvalue weighted by molar-refractivity contribution is 6.01. The number of aromatic nitrogens is 3. The summed E-state index contributed by atoms with van der Waals surface area (Å²) in [5.41, 5.74) is 1.07. The molecule has 0 unspecified atom stereocenters. The maximum absolute atomic E-state index is 12.8. The van der Waals surface area contributed by atoms with Crippen molar-refractivity contribution >= 4 is 29.0 Å². The molecule has 1 aromatic carbocycles. The molecule has 1 aliphatic carbocycles. The number of carbonyl (C=O) groups is 2. The van der Waals surface area contributed by atoms with Crippen LogP contribution in [0.25, 0.3) is 11.4 Å². The summed E-state index contributed by atoms with van der Waals surface area (Å²) < 4.78 is 38.6. The first-order chi connectivity index (χ1) is 18.0. The number of ether oxygens (including phenoxy) is 2. The summed E-state index contributed by atoms with van der Waals surface area (Å²) in [5.74, 6) is 0.00269. The molecule has 2 heterocycles. The molecule has 2 amide bonds. The Kier molecular flexibility index (Phi) is 6.13. The van der Waals surface area contributed by atoms with Crippen LogP contribution in [0, 0.1) is 5.92 Å². The molecule has 1 aliphatic rings. The number of benzene rings is 1. The van der Waals surface area contributed by atoms with Crippen molar-refractivity contribution in [2.24, 2.45) is 5.92 Å². The van der Waals surface area contributed by atoms with Gasteiger partial charge in [0.2, 0.25) is 11.7 Å². The molecule has 1 fully saturated rings. The number of carbonyl (C=O) groups excluding carboxylic acids is 2. The summed E-state index contributed by atoms with van der Waals surface area (Å²) in [5, 5.41) is 11.8. The van der Waals surface area contributed by atoms with Gasteiger partial charge in [0.05, 0.1) is 35.7 Å². The molecule has 0 atom stereocenters. The van der Waals surface area contributed by atoms with E-state index in [2.05, 4.69) is 25.8 Å². The number of para-hydroxylation sites is 1. The van der Waals surface area contributed by atoms with E-state index in [1.54, 1.807) is 18.2 Å². The lowest BCUT2D eigenvalue weighted by Crippen LogP contribution is -2.20. The lowest BCUT2D eigenvalue weighted by molar-refractivity contribution is -0.117. The van der Waals surface area contributed by atoms with Crippen LogP contribution >= 0.6 is 0 Å². The molecule has 11 heteroatoms. The topological polar surface area (TPSA) is 140 Å². The third-order valence-corrected chi connectivity index (χ3v) is 5.20. The Balaban J connectivity index is 1.67. The molecule has 4 rings (SSSR count). The number of pyridine rings is 1. The van der Waals surface area contributed by atoms with Crippen LogP contribution in [0.5, 0.6) is 5.75 Å². The predicted molar refractivity (Wildman–Crippen MR) is 128 cm³/mol. The van der Waals surface area contributed by atoms with E-state index in [0.29, 0.717) is 22.9 Å². The zero-order valence-corrected chi connectivity index (χ0v) is 19.5. The van der Waals surface area contributed by atoms with Gasteiger partial charge in [0, 0.05) is 29.3 Å². The van der Waals surface area contributed by atoms with Crippen LogP contribution < -0.4 is 20.7 Å². The third kappa shape index (κ3) is 5.75. The van der Waals surface area contributed by atoms with Crippen LogP contribution in [0.4, 0.5) is 17.2 Å². The van der Waals surface area contributed by atoms with Crippen LogP contribution in [0.1, 0.15) is 47.1 Å². The SMILES string of the molecule is [2H]C([2H])([2H])NC(=O)c1cnc(NC(=O)C2CC2)cc1Nc1cccc(-c2noc(COC(C)C)n2)c1OC. The van der Waals surface area contributed by atoms with Crippen molar-refractivity contribution in [1.82, 2.24) is 20.4 Å². The van der Waals surface area contributed by atoms with Gasteiger partial charge in [-0.1, -0.05) is 11.2 Å². The molecule has 0 spiro atoms. The predicted octanol–water partition coefficient (Wildman–Crippen LogP) is 3.52. The van der Waals surface area contributed by atoms with E-state index in [1.807, 2.05) is 19.2 Å². The average Bonchev–Trinajstić information content (AvgIpc) is 3.59.